The van der Waals surface area contributed by atoms with Crippen molar-refractivity contribution in [1.82, 2.24) is 25.0 Å². The number of aromatic nitrogens is 5. The lowest BCUT2D eigenvalue weighted by atomic mass is 10.2. The van der Waals surface area contributed by atoms with Crippen molar-refractivity contribution < 1.29 is 0 Å². The fourth-order valence-electron chi connectivity index (χ4n) is 1.33. The van der Waals surface area contributed by atoms with Gasteiger partial charge in [0.2, 0.25) is 0 Å². The summed E-state index contributed by atoms with van der Waals surface area (Å²) in [4.78, 5) is 7.86. The molecule has 0 fully saturated rings. The number of rotatable bonds is 3. The minimum absolute atomic E-state index is 0.421. The normalized spacial score (nSPS) is 10.5. The highest BCUT2D eigenvalue weighted by molar-refractivity contribution is 6.31. The average molecular weight is 224 g/mol. The lowest BCUT2D eigenvalue weighted by Gasteiger charge is -2.04. The van der Waals surface area contributed by atoms with Crippen LogP contribution < -0.4 is 0 Å². The van der Waals surface area contributed by atoms with E-state index >= 15 is 0 Å². The molecule has 2 heterocycles. The third kappa shape index (κ3) is 1.97. The number of aryl methyl sites for hydroxylation is 1. The molecule has 2 aromatic heterocycles. The van der Waals surface area contributed by atoms with Gasteiger partial charge in [0.15, 0.2) is 0 Å². The van der Waals surface area contributed by atoms with Crippen LogP contribution in [-0.2, 0) is 6.54 Å². The van der Waals surface area contributed by atoms with Gasteiger partial charge >= 0.3 is 0 Å². The van der Waals surface area contributed by atoms with Crippen LogP contribution in [0.5, 0.6) is 0 Å². The van der Waals surface area contributed by atoms with Gasteiger partial charge in [0.05, 0.1) is 17.5 Å². The molecule has 0 saturated heterocycles. The van der Waals surface area contributed by atoms with Gasteiger partial charge in [-0.1, -0.05) is 23.7 Å². The lowest BCUT2D eigenvalue weighted by Crippen LogP contribution is -2.02. The van der Waals surface area contributed by atoms with E-state index in [0.29, 0.717) is 5.15 Å². The van der Waals surface area contributed by atoms with E-state index in [4.69, 9.17) is 11.6 Å². The lowest BCUT2D eigenvalue weighted by molar-refractivity contribution is 0.584. The maximum Gasteiger partial charge on any atom is 0.141 e. The molecule has 0 atom stereocenters. The minimum atomic E-state index is 0.421. The fourth-order valence-corrected chi connectivity index (χ4v) is 1.52. The molecule has 2 rings (SSSR count). The van der Waals surface area contributed by atoms with Crippen LogP contribution in [0.3, 0.4) is 0 Å². The summed E-state index contributed by atoms with van der Waals surface area (Å²) >= 11 is 5.97. The molecule has 0 aliphatic heterocycles. The zero-order valence-corrected chi connectivity index (χ0v) is 9.02. The second-order valence-corrected chi connectivity index (χ2v) is 3.43. The zero-order valence-electron chi connectivity index (χ0n) is 8.26. The molecule has 0 N–H and O–H groups in total. The average Bonchev–Trinajstić information content (AvgIpc) is 2.67. The van der Waals surface area contributed by atoms with E-state index < -0.39 is 0 Å². The Morgan fingerprint density at radius 3 is 3.00 bits per heavy atom. The van der Waals surface area contributed by atoms with Gasteiger partial charge in [-0.05, 0) is 6.42 Å². The van der Waals surface area contributed by atoms with E-state index in [1.807, 2.05) is 0 Å². The van der Waals surface area contributed by atoms with Gasteiger partial charge in [-0.2, -0.15) is 0 Å². The molecule has 0 spiro atoms. The van der Waals surface area contributed by atoms with Crippen LogP contribution >= 0.6 is 11.6 Å². The van der Waals surface area contributed by atoms with E-state index in [1.54, 1.807) is 17.1 Å². The highest BCUT2D eigenvalue weighted by atomic mass is 35.5. The molecule has 6 heteroatoms. The molecule has 0 unspecified atom stereocenters. The van der Waals surface area contributed by atoms with Crippen molar-refractivity contribution in [3.63, 3.8) is 0 Å². The Morgan fingerprint density at radius 1 is 1.40 bits per heavy atom. The Kier molecular flexibility index (Phi) is 2.91. The largest absolute Gasteiger partial charge is 0.245 e. The molecule has 0 aromatic carbocycles. The number of hydrogen-bond donors (Lipinski definition) is 0. The molecule has 78 valence electrons. The van der Waals surface area contributed by atoms with Gasteiger partial charge in [0.25, 0.3) is 0 Å². The smallest absolute Gasteiger partial charge is 0.141 e. The molecule has 15 heavy (non-hydrogen) atoms. The summed E-state index contributed by atoms with van der Waals surface area (Å²) in [6.07, 6.45) is 5.74. The highest BCUT2D eigenvalue weighted by Crippen LogP contribution is 2.23. The van der Waals surface area contributed by atoms with Crippen molar-refractivity contribution in [3.05, 3.63) is 23.9 Å². The Balaban J connectivity index is 2.45. The molecule has 0 saturated carbocycles. The standard InChI is InChI=1S/C9H10ClN5/c1-2-3-15-8(5-13-14-15)7-4-11-6-12-9(7)10/h4-6H,2-3H2,1H3. The summed E-state index contributed by atoms with van der Waals surface area (Å²) in [6, 6.07) is 0. The Morgan fingerprint density at radius 2 is 2.27 bits per heavy atom. The summed E-state index contributed by atoms with van der Waals surface area (Å²) in [6.45, 7) is 2.88. The van der Waals surface area contributed by atoms with Gasteiger partial charge in [-0.15, -0.1) is 5.10 Å². The summed E-state index contributed by atoms with van der Waals surface area (Å²) in [7, 11) is 0. The maximum atomic E-state index is 5.97. The van der Waals surface area contributed by atoms with Crippen LogP contribution in [0.2, 0.25) is 5.15 Å². The van der Waals surface area contributed by atoms with Crippen LogP contribution in [0.4, 0.5) is 0 Å². The van der Waals surface area contributed by atoms with Crippen molar-refractivity contribution in [3.8, 4) is 11.3 Å². The van der Waals surface area contributed by atoms with Crippen molar-refractivity contribution in [2.24, 2.45) is 0 Å². The summed E-state index contributed by atoms with van der Waals surface area (Å²) in [5.74, 6) is 0. The van der Waals surface area contributed by atoms with Gasteiger partial charge in [0.1, 0.15) is 11.5 Å². The second-order valence-electron chi connectivity index (χ2n) is 3.07. The van der Waals surface area contributed by atoms with Crippen LogP contribution in [0.25, 0.3) is 11.3 Å². The van der Waals surface area contributed by atoms with Gasteiger partial charge in [-0.25, -0.2) is 14.6 Å². The van der Waals surface area contributed by atoms with E-state index in [1.165, 1.54) is 6.33 Å². The van der Waals surface area contributed by atoms with Crippen LogP contribution in [0.1, 0.15) is 13.3 Å². The monoisotopic (exact) mass is 223 g/mol. The van der Waals surface area contributed by atoms with E-state index in [9.17, 15) is 0 Å². The van der Waals surface area contributed by atoms with Crippen LogP contribution in [-0.4, -0.2) is 25.0 Å². The molecule has 2 aromatic rings. The Labute approximate surface area is 92.1 Å². The molecule has 5 nitrogen and oxygen atoms in total. The third-order valence-electron chi connectivity index (χ3n) is 1.99. The van der Waals surface area contributed by atoms with Gasteiger partial charge in [0, 0.05) is 12.7 Å². The van der Waals surface area contributed by atoms with E-state index in [0.717, 1.165) is 24.2 Å². The molecule has 0 radical (unpaired) electrons. The number of halogens is 1. The van der Waals surface area contributed by atoms with Crippen LogP contribution in [0.15, 0.2) is 18.7 Å². The van der Waals surface area contributed by atoms with Crippen LogP contribution in [0, 0.1) is 0 Å². The molecular formula is C9H10ClN5. The summed E-state index contributed by atoms with van der Waals surface area (Å²) < 4.78 is 1.80. The summed E-state index contributed by atoms with van der Waals surface area (Å²) in [5.41, 5.74) is 1.61. The Hall–Kier alpha value is -1.49. The SMILES string of the molecule is CCCn1nncc1-c1cncnc1Cl. The first-order valence-electron chi connectivity index (χ1n) is 4.67. The highest BCUT2D eigenvalue weighted by Gasteiger charge is 2.10. The third-order valence-corrected chi connectivity index (χ3v) is 2.29. The van der Waals surface area contributed by atoms with E-state index in [-0.39, 0.29) is 0 Å². The molecule has 0 amide bonds. The van der Waals surface area contributed by atoms with Gasteiger partial charge in [-0.3, -0.25) is 0 Å². The molecular weight excluding hydrogens is 214 g/mol. The summed E-state index contributed by atoms with van der Waals surface area (Å²) in [5, 5.41) is 8.25. The first-order valence-corrected chi connectivity index (χ1v) is 5.05. The maximum absolute atomic E-state index is 5.97. The fraction of sp³-hybridized carbons (Fsp3) is 0.333. The molecule has 0 bridgehead atoms. The first-order chi connectivity index (χ1) is 7.33. The van der Waals surface area contributed by atoms with Gasteiger partial charge < -0.3 is 0 Å². The predicted molar refractivity (Wildman–Crippen MR) is 56.3 cm³/mol. The predicted octanol–water partition coefficient (Wildman–Crippen LogP) is 1.80. The van der Waals surface area contributed by atoms with Crippen molar-refractivity contribution in [2.45, 2.75) is 19.9 Å². The quantitative estimate of drug-likeness (QED) is 0.745. The van der Waals surface area contributed by atoms with Crippen molar-refractivity contribution in [1.29, 1.82) is 0 Å². The van der Waals surface area contributed by atoms with Crippen molar-refractivity contribution in [2.75, 3.05) is 0 Å². The zero-order chi connectivity index (χ0) is 10.7. The Bertz CT molecular complexity index is 453. The number of hydrogen-bond acceptors (Lipinski definition) is 4. The molecule has 0 aliphatic carbocycles. The number of nitrogens with zero attached hydrogens (tertiary/aromatic N) is 5. The van der Waals surface area contributed by atoms with E-state index in [2.05, 4.69) is 27.2 Å². The van der Waals surface area contributed by atoms with Crippen molar-refractivity contribution >= 4 is 11.6 Å². The minimum Gasteiger partial charge on any atom is -0.245 e. The molecule has 0 aliphatic rings. The second kappa shape index (κ2) is 4.35. The topological polar surface area (TPSA) is 56.5 Å². The first kappa shape index (κ1) is 10.0.